The van der Waals surface area contributed by atoms with Gasteiger partial charge >= 0.3 is 0 Å². The van der Waals surface area contributed by atoms with Gasteiger partial charge in [0.25, 0.3) is 0 Å². The molecule has 1 fully saturated rings. The van der Waals surface area contributed by atoms with Crippen molar-refractivity contribution in [1.29, 1.82) is 0 Å². The van der Waals surface area contributed by atoms with Gasteiger partial charge in [-0.2, -0.15) is 0 Å². The lowest BCUT2D eigenvalue weighted by Gasteiger charge is -2.15. The van der Waals surface area contributed by atoms with Crippen LogP contribution < -0.4 is 5.73 Å². The third-order valence-corrected chi connectivity index (χ3v) is 3.19. The van der Waals surface area contributed by atoms with Crippen molar-refractivity contribution < 1.29 is 0 Å². The summed E-state index contributed by atoms with van der Waals surface area (Å²) in [4.78, 5) is 2.46. The van der Waals surface area contributed by atoms with Gasteiger partial charge in [-0.15, -0.1) is 0 Å². The first-order chi connectivity index (χ1) is 6.75. The Labute approximate surface area is 93.2 Å². The molecule has 1 aliphatic rings. The fourth-order valence-corrected chi connectivity index (χ4v) is 2.27. The minimum absolute atomic E-state index is 0.895. The van der Waals surface area contributed by atoms with Crippen LogP contribution in [0.2, 0.25) is 0 Å². The molecular formula is C11H15BrN2. The summed E-state index contributed by atoms with van der Waals surface area (Å²) in [7, 11) is 0. The molecule has 0 saturated carbocycles. The molecule has 1 aliphatic heterocycles. The fraction of sp³-hybridized carbons (Fsp3) is 0.455. The number of halogens is 1. The summed E-state index contributed by atoms with van der Waals surface area (Å²) in [5, 5.41) is 0. The Morgan fingerprint density at radius 1 is 1.29 bits per heavy atom. The van der Waals surface area contributed by atoms with Gasteiger partial charge in [-0.05, 0) is 43.6 Å². The highest BCUT2D eigenvalue weighted by Crippen LogP contribution is 2.21. The fourth-order valence-electron chi connectivity index (χ4n) is 1.89. The molecule has 0 aliphatic carbocycles. The molecule has 14 heavy (non-hydrogen) atoms. The van der Waals surface area contributed by atoms with Crippen LogP contribution in [-0.2, 0) is 6.54 Å². The van der Waals surface area contributed by atoms with Gasteiger partial charge in [0.1, 0.15) is 0 Å². The molecule has 0 atom stereocenters. The second kappa shape index (κ2) is 4.32. The van der Waals surface area contributed by atoms with Crippen LogP contribution >= 0.6 is 15.9 Å². The Morgan fingerprint density at radius 3 is 2.64 bits per heavy atom. The first kappa shape index (κ1) is 9.99. The maximum atomic E-state index is 5.94. The number of hydrogen-bond acceptors (Lipinski definition) is 2. The van der Waals surface area contributed by atoms with Crippen LogP contribution in [0.3, 0.4) is 0 Å². The minimum Gasteiger partial charge on any atom is -0.398 e. The van der Waals surface area contributed by atoms with E-state index in [1.807, 2.05) is 6.07 Å². The maximum absolute atomic E-state index is 5.94. The van der Waals surface area contributed by atoms with Crippen molar-refractivity contribution in [2.75, 3.05) is 18.8 Å². The third kappa shape index (κ3) is 2.28. The zero-order chi connectivity index (χ0) is 9.97. The van der Waals surface area contributed by atoms with Crippen molar-refractivity contribution in [3.05, 3.63) is 28.2 Å². The van der Waals surface area contributed by atoms with Crippen molar-refractivity contribution in [3.63, 3.8) is 0 Å². The van der Waals surface area contributed by atoms with Gasteiger partial charge in [0.15, 0.2) is 0 Å². The largest absolute Gasteiger partial charge is 0.398 e. The molecule has 2 N–H and O–H groups in total. The summed E-state index contributed by atoms with van der Waals surface area (Å²) in [6.45, 7) is 3.43. The molecular weight excluding hydrogens is 240 g/mol. The highest BCUT2D eigenvalue weighted by molar-refractivity contribution is 9.10. The number of rotatable bonds is 2. The van der Waals surface area contributed by atoms with Gasteiger partial charge in [-0.25, -0.2) is 0 Å². The molecule has 0 aromatic heterocycles. The number of anilines is 1. The molecule has 0 amide bonds. The molecule has 0 radical (unpaired) electrons. The van der Waals surface area contributed by atoms with Crippen LogP contribution in [0, 0.1) is 0 Å². The number of benzene rings is 1. The second-order valence-electron chi connectivity index (χ2n) is 3.83. The van der Waals surface area contributed by atoms with E-state index in [9.17, 15) is 0 Å². The molecule has 2 rings (SSSR count). The maximum Gasteiger partial charge on any atom is 0.0371 e. The van der Waals surface area contributed by atoms with Crippen molar-refractivity contribution >= 4 is 21.6 Å². The predicted molar refractivity (Wildman–Crippen MR) is 63.1 cm³/mol. The van der Waals surface area contributed by atoms with Crippen molar-refractivity contribution in [2.45, 2.75) is 19.4 Å². The first-order valence-electron chi connectivity index (χ1n) is 5.02. The molecule has 0 spiro atoms. The lowest BCUT2D eigenvalue weighted by Crippen LogP contribution is -2.19. The van der Waals surface area contributed by atoms with E-state index in [1.54, 1.807) is 0 Å². The minimum atomic E-state index is 0.895. The van der Waals surface area contributed by atoms with E-state index in [0.717, 1.165) is 16.7 Å². The second-order valence-corrected chi connectivity index (χ2v) is 4.74. The first-order valence-corrected chi connectivity index (χ1v) is 5.81. The molecule has 1 saturated heterocycles. The van der Waals surface area contributed by atoms with Gasteiger partial charge < -0.3 is 5.73 Å². The number of nitrogens with two attached hydrogens (primary N) is 1. The van der Waals surface area contributed by atoms with Crippen molar-refractivity contribution in [1.82, 2.24) is 4.90 Å². The lowest BCUT2D eigenvalue weighted by molar-refractivity contribution is 0.332. The van der Waals surface area contributed by atoms with Gasteiger partial charge in [0.05, 0.1) is 0 Å². The average molecular weight is 255 g/mol. The summed E-state index contributed by atoms with van der Waals surface area (Å²) in [6, 6.07) is 6.14. The average Bonchev–Trinajstić information content (AvgIpc) is 2.62. The Bertz CT molecular complexity index is 319. The Hall–Kier alpha value is -0.540. The molecule has 1 aromatic carbocycles. The summed E-state index contributed by atoms with van der Waals surface area (Å²) < 4.78 is 1.06. The molecule has 2 nitrogen and oxygen atoms in total. The van der Waals surface area contributed by atoms with Gasteiger partial charge in [-0.1, -0.05) is 22.0 Å². The van der Waals surface area contributed by atoms with Crippen LogP contribution in [0.15, 0.2) is 22.7 Å². The third-order valence-electron chi connectivity index (χ3n) is 2.70. The lowest BCUT2D eigenvalue weighted by atomic mass is 10.2. The van der Waals surface area contributed by atoms with Crippen LogP contribution in [0.4, 0.5) is 5.69 Å². The van der Waals surface area contributed by atoms with Crippen LogP contribution in [0.25, 0.3) is 0 Å². The topological polar surface area (TPSA) is 29.3 Å². The summed E-state index contributed by atoms with van der Waals surface area (Å²) >= 11 is 3.42. The normalized spacial score (nSPS) is 17.5. The van der Waals surface area contributed by atoms with E-state index in [-0.39, 0.29) is 0 Å². The molecule has 3 heteroatoms. The molecule has 0 unspecified atom stereocenters. The smallest absolute Gasteiger partial charge is 0.0371 e. The van der Waals surface area contributed by atoms with E-state index in [4.69, 9.17) is 5.73 Å². The van der Waals surface area contributed by atoms with E-state index in [0.29, 0.717) is 0 Å². The summed E-state index contributed by atoms with van der Waals surface area (Å²) in [5.74, 6) is 0. The predicted octanol–water partition coefficient (Wildman–Crippen LogP) is 2.63. The van der Waals surface area contributed by atoms with E-state index < -0.39 is 0 Å². The molecule has 1 aromatic rings. The number of nitrogen functional groups attached to an aromatic ring is 1. The Morgan fingerprint density at radius 2 is 2.00 bits per heavy atom. The standard InChI is InChI=1S/C11H15BrN2/c12-10-4-3-9(11(13)7-10)8-14-5-1-2-6-14/h3-4,7H,1-2,5-6,8,13H2. The number of likely N-dealkylation sites (tertiary alicyclic amines) is 1. The molecule has 1 heterocycles. The monoisotopic (exact) mass is 254 g/mol. The SMILES string of the molecule is Nc1cc(Br)ccc1CN1CCCC1. The zero-order valence-electron chi connectivity index (χ0n) is 8.17. The Kier molecular flexibility index (Phi) is 3.08. The van der Waals surface area contributed by atoms with Gasteiger partial charge in [-0.3, -0.25) is 4.90 Å². The van der Waals surface area contributed by atoms with Crippen LogP contribution in [-0.4, -0.2) is 18.0 Å². The van der Waals surface area contributed by atoms with Crippen molar-refractivity contribution in [2.24, 2.45) is 0 Å². The van der Waals surface area contributed by atoms with Gasteiger partial charge in [0, 0.05) is 16.7 Å². The quantitative estimate of drug-likeness (QED) is 0.823. The van der Waals surface area contributed by atoms with Crippen LogP contribution in [0.5, 0.6) is 0 Å². The van der Waals surface area contributed by atoms with E-state index in [1.165, 1.54) is 31.5 Å². The van der Waals surface area contributed by atoms with Crippen LogP contribution in [0.1, 0.15) is 18.4 Å². The number of hydrogen-bond donors (Lipinski definition) is 1. The molecule has 76 valence electrons. The highest BCUT2D eigenvalue weighted by Gasteiger charge is 2.12. The van der Waals surface area contributed by atoms with E-state index >= 15 is 0 Å². The summed E-state index contributed by atoms with van der Waals surface area (Å²) in [5.41, 5.74) is 8.08. The zero-order valence-corrected chi connectivity index (χ0v) is 9.76. The summed E-state index contributed by atoms with van der Waals surface area (Å²) in [6.07, 6.45) is 2.66. The Balaban J connectivity index is 2.08. The van der Waals surface area contributed by atoms with Gasteiger partial charge in [0.2, 0.25) is 0 Å². The highest BCUT2D eigenvalue weighted by atomic mass is 79.9. The van der Waals surface area contributed by atoms with Crippen molar-refractivity contribution in [3.8, 4) is 0 Å². The molecule has 0 bridgehead atoms. The number of nitrogens with zero attached hydrogens (tertiary/aromatic N) is 1. The van der Waals surface area contributed by atoms with E-state index in [2.05, 4.69) is 33.0 Å².